The van der Waals surface area contributed by atoms with Gasteiger partial charge >= 0.3 is 0 Å². The molecular weight excluding hydrogens is 332 g/mol. The number of carbonyl (C=O) groups excluding carboxylic acids is 1. The van der Waals surface area contributed by atoms with Crippen LogP contribution in [0.15, 0.2) is 47.8 Å². The molecule has 0 saturated carbocycles. The molecule has 5 heteroatoms. The molecule has 2 atom stereocenters. The topological polar surface area (TPSA) is 52.6 Å². The summed E-state index contributed by atoms with van der Waals surface area (Å²) in [6.07, 6.45) is 2.01. The quantitative estimate of drug-likeness (QED) is 0.762. The lowest BCUT2D eigenvalue weighted by atomic mass is 10.0. The van der Waals surface area contributed by atoms with Gasteiger partial charge in [0.15, 0.2) is 0 Å². The predicted molar refractivity (Wildman–Crippen MR) is 101 cm³/mol. The standard InChI is InChI=1S/C20H26N2O2S/c23-18(19-7-4-12-25-19)15-22(14-17-5-2-1-3-6-17)20(24)9-8-16-10-11-21-13-16/h1-7,12,16,18,21,23H,8-11,13-15H2. The van der Waals surface area contributed by atoms with Gasteiger partial charge in [-0.25, -0.2) is 0 Å². The highest BCUT2D eigenvalue weighted by Crippen LogP contribution is 2.22. The van der Waals surface area contributed by atoms with Crippen LogP contribution in [-0.2, 0) is 11.3 Å². The van der Waals surface area contributed by atoms with E-state index in [2.05, 4.69) is 5.32 Å². The average molecular weight is 359 g/mol. The molecule has 1 aliphatic rings. The van der Waals surface area contributed by atoms with Gasteiger partial charge in [-0.2, -0.15) is 0 Å². The second-order valence-electron chi connectivity index (χ2n) is 6.69. The number of carbonyl (C=O) groups is 1. The van der Waals surface area contributed by atoms with Crippen molar-refractivity contribution < 1.29 is 9.90 Å². The molecule has 0 spiro atoms. The first-order valence-corrected chi connectivity index (χ1v) is 9.84. The number of amides is 1. The van der Waals surface area contributed by atoms with Gasteiger partial charge in [0, 0.05) is 17.8 Å². The van der Waals surface area contributed by atoms with Gasteiger partial charge in [0.2, 0.25) is 5.91 Å². The molecule has 0 bridgehead atoms. The van der Waals surface area contributed by atoms with Gasteiger partial charge in [0.25, 0.3) is 0 Å². The zero-order valence-corrected chi connectivity index (χ0v) is 15.3. The Bertz CT molecular complexity index is 639. The van der Waals surface area contributed by atoms with Gasteiger partial charge in [-0.05, 0) is 48.9 Å². The number of hydrogen-bond acceptors (Lipinski definition) is 4. The van der Waals surface area contributed by atoms with Crippen molar-refractivity contribution in [2.75, 3.05) is 19.6 Å². The number of nitrogens with one attached hydrogen (secondary N) is 1. The van der Waals surface area contributed by atoms with Gasteiger partial charge in [-0.3, -0.25) is 4.79 Å². The zero-order valence-electron chi connectivity index (χ0n) is 14.4. The maximum atomic E-state index is 12.8. The Labute approximate surface area is 153 Å². The highest BCUT2D eigenvalue weighted by Gasteiger charge is 2.22. The van der Waals surface area contributed by atoms with Gasteiger partial charge in [0.05, 0.1) is 6.54 Å². The Morgan fingerprint density at radius 3 is 2.80 bits per heavy atom. The van der Waals surface area contributed by atoms with Gasteiger partial charge in [0.1, 0.15) is 6.10 Å². The van der Waals surface area contributed by atoms with Crippen LogP contribution < -0.4 is 5.32 Å². The molecule has 1 aliphatic heterocycles. The number of rotatable bonds is 8. The molecule has 1 saturated heterocycles. The summed E-state index contributed by atoms with van der Waals surface area (Å²) in [4.78, 5) is 15.5. The third-order valence-electron chi connectivity index (χ3n) is 4.76. The number of thiophene rings is 1. The molecule has 1 fully saturated rings. The van der Waals surface area contributed by atoms with Crippen molar-refractivity contribution in [3.63, 3.8) is 0 Å². The number of nitrogens with zero attached hydrogens (tertiary/aromatic N) is 1. The maximum Gasteiger partial charge on any atom is 0.222 e. The van der Waals surface area contributed by atoms with E-state index >= 15 is 0 Å². The fourth-order valence-corrected chi connectivity index (χ4v) is 3.99. The normalized spacial score (nSPS) is 18.2. The lowest BCUT2D eigenvalue weighted by Crippen LogP contribution is -2.34. The summed E-state index contributed by atoms with van der Waals surface area (Å²) in [7, 11) is 0. The van der Waals surface area contributed by atoms with E-state index in [0.717, 1.165) is 36.4 Å². The minimum absolute atomic E-state index is 0.131. The van der Waals surface area contributed by atoms with Crippen molar-refractivity contribution in [2.45, 2.75) is 31.9 Å². The first-order chi connectivity index (χ1) is 12.2. The summed E-state index contributed by atoms with van der Waals surface area (Å²) in [6.45, 7) is 2.97. The van der Waals surface area contributed by atoms with E-state index in [0.29, 0.717) is 25.4 Å². The van der Waals surface area contributed by atoms with Crippen LogP contribution in [0.4, 0.5) is 0 Å². The fourth-order valence-electron chi connectivity index (χ4n) is 3.28. The summed E-state index contributed by atoms with van der Waals surface area (Å²) in [5.41, 5.74) is 1.09. The number of aliphatic hydroxyl groups excluding tert-OH is 1. The molecule has 2 aromatic rings. The summed E-state index contributed by atoms with van der Waals surface area (Å²) in [5.74, 6) is 0.733. The third-order valence-corrected chi connectivity index (χ3v) is 5.74. The fraction of sp³-hybridized carbons (Fsp3) is 0.450. The highest BCUT2D eigenvalue weighted by molar-refractivity contribution is 7.10. The minimum atomic E-state index is -0.624. The molecule has 2 unspecified atom stereocenters. The summed E-state index contributed by atoms with van der Waals surface area (Å²) < 4.78 is 0. The maximum absolute atomic E-state index is 12.8. The molecule has 2 heterocycles. The SMILES string of the molecule is O=C(CCC1CCNC1)N(Cc1ccccc1)CC(O)c1cccs1. The summed E-state index contributed by atoms with van der Waals surface area (Å²) in [5, 5.41) is 15.8. The van der Waals surface area contributed by atoms with Crippen molar-refractivity contribution in [3.8, 4) is 0 Å². The van der Waals surface area contributed by atoms with E-state index in [1.165, 1.54) is 11.3 Å². The van der Waals surface area contributed by atoms with Crippen molar-refractivity contribution in [3.05, 3.63) is 58.3 Å². The second-order valence-corrected chi connectivity index (χ2v) is 7.67. The van der Waals surface area contributed by atoms with E-state index in [-0.39, 0.29) is 5.91 Å². The van der Waals surface area contributed by atoms with Gasteiger partial charge in [-0.15, -0.1) is 11.3 Å². The van der Waals surface area contributed by atoms with E-state index in [4.69, 9.17) is 0 Å². The molecule has 1 aromatic carbocycles. The lowest BCUT2D eigenvalue weighted by molar-refractivity contribution is -0.133. The number of aliphatic hydroxyl groups is 1. The van der Waals surface area contributed by atoms with E-state index in [9.17, 15) is 9.90 Å². The van der Waals surface area contributed by atoms with E-state index < -0.39 is 6.10 Å². The van der Waals surface area contributed by atoms with Crippen molar-refractivity contribution >= 4 is 17.2 Å². The van der Waals surface area contributed by atoms with Crippen molar-refractivity contribution in [1.29, 1.82) is 0 Å². The Morgan fingerprint density at radius 1 is 1.28 bits per heavy atom. The molecule has 0 aliphatic carbocycles. The highest BCUT2D eigenvalue weighted by atomic mass is 32.1. The van der Waals surface area contributed by atoms with Gasteiger partial charge < -0.3 is 15.3 Å². The van der Waals surface area contributed by atoms with Crippen molar-refractivity contribution in [1.82, 2.24) is 10.2 Å². The largest absolute Gasteiger partial charge is 0.386 e. The Balaban J connectivity index is 1.63. The Morgan fingerprint density at radius 2 is 2.12 bits per heavy atom. The van der Waals surface area contributed by atoms with Crippen LogP contribution in [0.5, 0.6) is 0 Å². The van der Waals surface area contributed by atoms with Crippen LogP contribution in [0.25, 0.3) is 0 Å². The van der Waals surface area contributed by atoms with E-state index in [1.807, 2.05) is 52.7 Å². The Hall–Kier alpha value is -1.69. The molecule has 1 amide bonds. The molecule has 4 nitrogen and oxygen atoms in total. The van der Waals surface area contributed by atoms with Crippen molar-refractivity contribution in [2.24, 2.45) is 5.92 Å². The Kier molecular flexibility index (Phi) is 6.62. The third kappa shape index (κ3) is 5.39. The van der Waals surface area contributed by atoms with Crippen LogP contribution in [0.1, 0.15) is 35.8 Å². The minimum Gasteiger partial charge on any atom is -0.386 e. The first kappa shape index (κ1) is 18.1. The van der Waals surface area contributed by atoms with Gasteiger partial charge in [-0.1, -0.05) is 36.4 Å². The summed E-state index contributed by atoms with van der Waals surface area (Å²) in [6, 6.07) is 13.8. The van der Waals surface area contributed by atoms with Crippen LogP contribution in [-0.4, -0.2) is 35.5 Å². The van der Waals surface area contributed by atoms with E-state index in [1.54, 1.807) is 0 Å². The average Bonchev–Trinajstić information content (AvgIpc) is 3.33. The zero-order chi connectivity index (χ0) is 17.5. The predicted octanol–water partition coefficient (Wildman–Crippen LogP) is 3.20. The lowest BCUT2D eigenvalue weighted by Gasteiger charge is -2.26. The second kappa shape index (κ2) is 9.13. The first-order valence-electron chi connectivity index (χ1n) is 8.96. The molecule has 2 N–H and O–H groups in total. The van der Waals surface area contributed by atoms with Crippen LogP contribution in [0, 0.1) is 5.92 Å². The monoisotopic (exact) mass is 358 g/mol. The molecule has 134 valence electrons. The van der Waals surface area contributed by atoms with Crippen LogP contribution in [0.3, 0.4) is 0 Å². The van der Waals surface area contributed by atoms with Crippen LogP contribution in [0.2, 0.25) is 0 Å². The molecule has 25 heavy (non-hydrogen) atoms. The smallest absolute Gasteiger partial charge is 0.222 e. The molecule has 1 aromatic heterocycles. The number of hydrogen-bond donors (Lipinski definition) is 2. The molecular formula is C20H26N2O2S. The van der Waals surface area contributed by atoms with Crippen LogP contribution >= 0.6 is 11.3 Å². The molecule has 3 rings (SSSR count). The number of benzene rings is 1. The summed E-state index contributed by atoms with van der Waals surface area (Å²) >= 11 is 1.53. The molecule has 0 radical (unpaired) electrons.